The molecule has 0 aromatic heterocycles. The Kier molecular flexibility index (Phi) is 1.98. The van der Waals surface area contributed by atoms with Crippen molar-refractivity contribution in [3.63, 3.8) is 0 Å². The highest BCUT2D eigenvalue weighted by Gasteiger charge is 2.91. The summed E-state index contributed by atoms with van der Waals surface area (Å²) in [5.74, 6) is 4.79. The topological polar surface area (TPSA) is 0 Å². The van der Waals surface area contributed by atoms with Crippen molar-refractivity contribution < 1.29 is 0 Å². The molecule has 0 nitrogen and oxygen atoms in total. The fourth-order valence-corrected chi connectivity index (χ4v) is 7.79. The lowest BCUT2D eigenvalue weighted by molar-refractivity contribution is 0.0132. The molecule has 0 aromatic rings. The normalized spacial score (nSPS) is 59.8. The van der Waals surface area contributed by atoms with Crippen LogP contribution in [0.3, 0.4) is 0 Å². The van der Waals surface area contributed by atoms with Crippen LogP contribution in [-0.2, 0) is 0 Å². The van der Waals surface area contributed by atoms with E-state index in [2.05, 4.69) is 32.2 Å². The Labute approximate surface area is 123 Å². The molecule has 0 radical (unpaired) electrons. The molecule has 0 bridgehead atoms. The predicted molar refractivity (Wildman–Crippen MR) is 83.1 cm³/mol. The van der Waals surface area contributed by atoms with E-state index in [4.69, 9.17) is 0 Å². The van der Waals surface area contributed by atoms with Crippen LogP contribution < -0.4 is 0 Å². The van der Waals surface area contributed by atoms with Gasteiger partial charge in [-0.15, -0.1) is 0 Å². The van der Waals surface area contributed by atoms with Crippen molar-refractivity contribution in [1.82, 2.24) is 0 Å². The first-order valence-electron chi connectivity index (χ1n) is 8.74. The molecule has 0 aliphatic heterocycles. The maximum atomic E-state index is 4.29. The summed E-state index contributed by atoms with van der Waals surface area (Å²) in [7, 11) is 0. The number of rotatable bonds is 3. The van der Waals surface area contributed by atoms with Crippen molar-refractivity contribution in [2.45, 2.75) is 45.4 Å². The molecule has 5 saturated carbocycles. The minimum atomic E-state index is 0.602. The van der Waals surface area contributed by atoms with Gasteiger partial charge in [-0.1, -0.05) is 49.8 Å². The summed E-state index contributed by atoms with van der Waals surface area (Å²) in [5, 5.41) is 0. The Morgan fingerprint density at radius 1 is 1.35 bits per heavy atom. The standard InChI is InChI=1S/C20H26/c1-4-7-15-18(14-10-12(14)3)16-9-6-8-13-11-17-19(15,5-2)20(13,16)17/h4,7,13-14,16-18H,1,3,5-6,8-11H2,2H3. The number of hydrogen-bond acceptors (Lipinski definition) is 0. The molecular formula is C20H26. The molecule has 0 aromatic carbocycles. The summed E-state index contributed by atoms with van der Waals surface area (Å²) in [4.78, 5) is 0. The van der Waals surface area contributed by atoms with Gasteiger partial charge in [-0.05, 0) is 67.1 Å². The Balaban J connectivity index is 1.67. The van der Waals surface area contributed by atoms with E-state index in [9.17, 15) is 0 Å². The SMILES string of the molecule is C=CC=C1C(C2CC2=C)C2CCCC3CC4C1(CC)C324. The van der Waals surface area contributed by atoms with Gasteiger partial charge >= 0.3 is 0 Å². The van der Waals surface area contributed by atoms with E-state index in [1.54, 1.807) is 0 Å². The zero-order chi connectivity index (χ0) is 13.7. The molecule has 20 heavy (non-hydrogen) atoms. The monoisotopic (exact) mass is 266 g/mol. The van der Waals surface area contributed by atoms with Crippen LogP contribution in [0.15, 0.2) is 36.5 Å². The van der Waals surface area contributed by atoms with Gasteiger partial charge in [-0.2, -0.15) is 0 Å². The zero-order valence-electron chi connectivity index (χ0n) is 12.7. The van der Waals surface area contributed by atoms with Crippen LogP contribution in [0.25, 0.3) is 0 Å². The summed E-state index contributed by atoms with van der Waals surface area (Å²) in [6, 6.07) is 0. The third-order valence-electron chi connectivity index (χ3n) is 8.18. The van der Waals surface area contributed by atoms with Gasteiger partial charge in [0.15, 0.2) is 0 Å². The van der Waals surface area contributed by atoms with Crippen LogP contribution in [0.5, 0.6) is 0 Å². The summed E-state index contributed by atoms with van der Waals surface area (Å²) in [6.07, 6.45) is 13.2. The molecule has 7 unspecified atom stereocenters. The van der Waals surface area contributed by atoms with Gasteiger partial charge in [-0.25, -0.2) is 0 Å². The Bertz CT molecular complexity index is 552. The van der Waals surface area contributed by atoms with E-state index in [1.165, 1.54) is 44.1 Å². The van der Waals surface area contributed by atoms with Crippen molar-refractivity contribution in [1.29, 1.82) is 0 Å². The second-order valence-corrected chi connectivity index (χ2v) is 8.13. The molecule has 0 saturated heterocycles. The molecule has 5 aliphatic carbocycles. The molecule has 106 valence electrons. The van der Waals surface area contributed by atoms with Gasteiger partial charge in [0.1, 0.15) is 0 Å². The van der Waals surface area contributed by atoms with Gasteiger partial charge in [-0.3, -0.25) is 0 Å². The average molecular weight is 266 g/mol. The average Bonchev–Trinajstić information content (AvgIpc) is 3.20. The third-order valence-corrected chi connectivity index (χ3v) is 8.18. The minimum absolute atomic E-state index is 0.602. The van der Waals surface area contributed by atoms with Crippen LogP contribution in [0.4, 0.5) is 0 Å². The summed E-state index contributed by atoms with van der Waals surface area (Å²) >= 11 is 0. The molecule has 5 rings (SSSR count). The largest absolute Gasteiger partial charge is 0.0995 e. The molecule has 7 atom stereocenters. The molecule has 0 heteroatoms. The second-order valence-electron chi connectivity index (χ2n) is 8.13. The van der Waals surface area contributed by atoms with Crippen LogP contribution in [0.1, 0.15) is 45.4 Å². The molecule has 5 aliphatic rings. The van der Waals surface area contributed by atoms with Crippen molar-refractivity contribution >= 4 is 0 Å². The molecule has 0 N–H and O–H groups in total. The Morgan fingerprint density at radius 2 is 2.15 bits per heavy atom. The highest BCUT2D eigenvalue weighted by atomic mass is 14.9. The van der Waals surface area contributed by atoms with E-state index in [1.807, 2.05) is 5.57 Å². The molecular weight excluding hydrogens is 240 g/mol. The van der Waals surface area contributed by atoms with E-state index in [-0.39, 0.29) is 0 Å². The maximum Gasteiger partial charge on any atom is 0.00145 e. The first kappa shape index (κ1) is 11.8. The molecule has 0 amide bonds. The van der Waals surface area contributed by atoms with Crippen LogP contribution in [0.2, 0.25) is 0 Å². The molecule has 0 heterocycles. The number of allylic oxidation sites excluding steroid dienone is 4. The van der Waals surface area contributed by atoms with Crippen molar-refractivity contribution in [2.24, 2.45) is 40.4 Å². The van der Waals surface area contributed by atoms with E-state index in [0.717, 1.165) is 35.0 Å². The first-order chi connectivity index (χ1) is 9.73. The van der Waals surface area contributed by atoms with Gasteiger partial charge in [0.2, 0.25) is 0 Å². The first-order valence-corrected chi connectivity index (χ1v) is 8.74. The lowest BCUT2D eigenvalue weighted by atomic mass is 9.57. The Morgan fingerprint density at radius 3 is 2.80 bits per heavy atom. The number of fused-ring (bicyclic) bond motifs is 1. The van der Waals surface area contributed by atoms with Crippen molar-refractivity contribution in [2.75, 3.05) is 0 Å². The van der Waals surface area contributed by atoms with E-state index < -0.39 is 0 Å². The summed E-state index contributed by atoms with van der Waals surface area (Å²) < 4.78 is 0. The fraction of sp³-hybridized carbons (Fsp3) is 0.700. The van der Waals surface area contributed by atoms with Crippen molar-refractivity contribution in [3.8, 4) is 0 Å². The van der Waals surface area contributed by atoms with Crippen LogP contribution >= 0.6 is 0 Å². The van der Waals surface area contributed by atoms with Gasteiger partial charge in [0.05, 0.1) is 0 Å². The van der Waals surface area contributed by atoms with Gasteiger partial charge < -0.3 is 0 Å². The van der Waals surface area contributed by atoms with Crippen molar-refractivity contribution in [3.05, 3.63) is 36.5 Å². The highest BCUT2D eigenvalue weighted by molar-refractivity contribution is 5.53. The van der Waals surface area contributed by atoms with E-state index >= 15 is 0 Å². The zero-order valence-corrected chi connectivity index (χ0v) is 12.7. The predicted octanol–water partition coefficient (Wildman–Crippen LogP) is 5.14. The summed E-state index contributed by atoms with van der Waals surface area (Å²) in [5.41, 5.74) is 4.71. The smallest absolute Gasteiger partial charge is 0.00145 e. The minimum Gasteiger partial charge on any atom is -0.0995 e. The van der Waals surface area contributed by atoms with Crippen LogP contribution in [-0.4, -0.2) is 0 Å². The highest BCUT2D eigenvalue weighted by Crippen LogP contribution is 2.96. The lowest BCUT2D eigenvalue weighted by Crippen LogP contribution is -2.41. The Hall–Kier alpha value is -0.780. The molecule has 5 fully saturated rings. The van der Waals surface area contributed by atoms with E-state index in [0.29, 0.717) is 5.41 Å². The maximum absolute atomic E-state index is 4.29. The fourth-order valence-electron chi connectivity index (χ4n) is 7.79. The lowest BCUT2D eigenvalue weighted by Gasteiger charge is -2.47. The van der Waals surface area contributed by atoms with Gasteiger partial charge in [0, 0.05) is 5.41 Å². The number of hydrogen-bond donors (Lipinski definition) is 0. The summed E-state index contributed by atoms with van der Waals surface area (Å²) in [6.45, 7) is 10.8. The molecule has 1 spiro atoms. The quantitative estimate of drug-likeness (QED) is 0.621. The van der Waals surface area contributed by atoms with Gasteiger partial charge in [0.25, 0.3) is 0 Å². The van der Waals surface area contributed by atoms with Crippen LogP contribution in [0, 0.1) is 40.4 Å². The third kappa shape index (κ3) is 0.919. The second kappa shape index (κ2) is 3.34.